The van der Waals surface area contributed by atoms with Crippen LogP contribution in [0.1, 0.15) is 22.3 Å². The Morgan fingerprint density at radius 3 is 2.06 bits per heavy atom. The lowest BCUT2D eigenvalue weighted by molar-refractivity contribution is -0.123. The van der Waals surface area contributed by atoms with Crippen molar-refractivity contribution in [1.29, 1.82) is 0 Å². The highest BCUT2D eigenvalue weighted by molar-refractivity contribution is 6.32. The lowest BCUT2D eigenvalue weighted by atomic mass is 9.80. The van der Waals surface area contributed by atoms with Crippen LogP contribution in [0.3, 0.4) is 0 Å². The van der Waals surface area contributed by atoms with Crippen molar-refractivity contribution in [3.8, 4) is 0 Å². The first-order chi connectivity index (χ1) is 16.3. The third kappa shape index (κ3) is 3.77. The minimum absolute atomic E-state index is 0.0964. The van der Waals surface area contributed by atoms with Crippen LogP contribution in [0.2, 0.25) is 0 Å². The first kappa shape index (κ1) is 22.9. The summed E-state index contributed by atoms with van der Waals surface area (Å²) in [5, 5.41) is 2.02. The molecule has 3 amide bonds. The van der Waals surface area contributed by atoms with Crippen molar-refractivity contribution >= 4 is 58.3 Å². The van der Waals surface area contributed by atoms with E-state index in [1.807, 2.05) is 19.1 Å². The summed E-state index contributed by atoms with van der Waals surface area (Å²) in [4.78, 5) is 51.7. The van der Waals surface area contributed by atoms with Crippen LogP contribution in [-0.2, 0) is 19.1 Å². The zero-order valence-corrected chi connectivity index (χ0v) is 19.8. The molecule has 176 valence electrons. The topological polar surface area (TPSA) is 92.8 Å². The van der Waals surface area contributed by atoms with Gasteiger partial charge in [0, 0.05) is 5.69 Å². The number of imide groups is 1. The lowest BCUT2D eigenvalue weighted by Crippen LogP contribution is -2.37. The van der Waals surface area contributed by atoms with Crippen LogP contribution >= 0.6 is 23.2 Å². The quantitative estimate of drug-likeness (QED) is 0.383. The summed E-state index contributed by atoms with van der Waals surface area (Å²) in [6.07, 6.45) is 0.700. The Hall–Kier alpha value is -2.90. The molecule has 5 rings (SSSR count). The average Bonchev–Trinajstić information content (AvgIpc) is 3.44. The van der Waals surface area contributed by atoms with Gasteiger partial charge in [-0.1, -0.05) is 17.7 Å². The van der Waals surface area contributed by atoms with Crippen molar-refractivity contribution in [3.05, 3.63) is 59.7 Å². The van der Waals surface area contributed by atoms with Crippen molar-refractivity contribution < 1.29 is 23.9 Å². The molecule has 2 aromatic carbocycles. The van der Waals surface area contributed by atoms with Crippen LogP contribution in [0.25, 0.3) is 0 Å². The Balaban J connectivity index is 1.21. The average molecular weight is 501 g/mol. The fourth-order valence-corrected chi connectivity index (χ4v) is 6.29. The molecule has 3 aliphatic rings. The maximum atomic E-state index is 13.1. The maximum Gasteiger partial charge on any atom is 0.338 e. The standard InChI is InChI=1S/C25H22Cl2N2O5/c1-12-2-6-14(7-3-12)28-18(30)11-34-25(33)13-4-8-15(9-5-13)29-23(31)19-16-10-17(20(19)24(29)32)22(27)21(16)26/h2-9,16-17,19-22H,10-11H2,1H3,(H,28,30)/t16-,17-,19-,20+,21-,22+/m1/s1. The van der Waals surface area contributed by atoms with Crippen molar-refractivity contribution in [2.75, 3.05) is 16.8 Å². The number of fused-ring (bicyclic) bond motifs is 5. The van der Waals surface area contributed by atoms with Crippen molar-refractivity contribution in [1.82, 2.24) is 0 Å². The van der Waals surface area contributed by atoms with E-state index in [2.05, 4.69) is 5.32 Å². The number of carbonyl (C=O) groups excluding carboxylic acids is 4. The van der Waals surface area contributed by atoms with Gasteiger partial charge >= 0.3 is 5.97 Å². The number of alkyl halides is 2. The van der Waals surface area contributed by atoms with Gasteiger partial charge in [0.1, 0.15) is 0 Å². The Bertz CT molecular complexity index is 1130. The molecule has 7 nitrogen and oxygen atoms in total. The number of hydrogen-bond acceptors (Lipinski definition) is 5. The summed E-state index contributed by atoms with van der Waals surface area (Å²) in [6.45, 7) is 1.50. The molecule has 34 heavy (non-hydrogen) atoms. The van der Waals surface area contributed by atoms with E-state index in [1.54, 1.807) is 12.1 Å². The number of aryl methyl sites for hydroxylation is 1. The van der Waals surface area contributed by atoms with E-state index >= 15 is 0 Å². The van der Waals surface area contributed by atoms with Crippen LogP contribution in [0.5, 0.6) is 0 Å². The number of amides is 3. The second-order valence-corrected chi connectivity index (χ2v) is 10.1. The molecule has 0 spiro atoms. The zero-order valence-electron chi connectivity index (χ0n) is 18.2. The highest BCUT2D eigenvalue weighted by Gasteiger charge is 2.66. The molecule has 0 aromatic heterocycles. The number of carbonyl (C=O) groups is 4. The van der Waals surface area contributed by atoms with E-state index in [0.29, 0.717) is 17.8 Å². The molecule has 0 unspecified atom stereocenters. The predicted octanol–water partition coefficient (Wildman–Crippen LogP) is 3.76. The molecule has 0 radical (unpaired) electrons. The van der Waals surface area contributed by atoms with E-state index in [9.17, 15) is 19.2 Å². The molecule has 9 heteroatoms. The minimum Gasteiger partial charge on any atom is -0.452 e. The van der Waals surface area contributed by atoms with Crippen molar-refractivity contribution in [2.24, 2.45) is 23.7 Å². The lowest BCUT2D eigenvalue weighted by Gasteiger charge is -2.28. The van der Waals surface area contributed by atoms with Crippen LogP contribution in [0, 0.1) is 30.6 Å². The predicted molar refractivity (Wildman–Crippen MR) is 127 cm³/mol. The molecule has 1 saturated heterocycles. The SMILES string of the molecule is Cc1ccc(NC(=O)COC(=O)c2ccc(N3C(=O)[C@@H]4[C@H]5C[C@@H]([C@H](Cl)[C@@H]5Cl)[C@@H]4C3=O)cc2)cc1. The number of benzene rings is 2. The Morgan fingerprint density at radius 1 is 0.941 bits per heavy atom. The highest BCUT2D eigenvalue weighted by Crippen LogP contribution is 2.59. The van der Waals surface area contributed by atoms with Gasteiger partial charge < -0.3 is 10.1 Å². The van der Waals surface area contributed by atoms with Crippen molar-refractivity contribution in [3.63, 3.8) is 0 Å². The van der Waals surface area contributed by atoms with E-state index in [-0.39, 0.29) is 40.0 Å². The zero-order chi connectivity index (χ0) is 24.1. The first-order valence-corrected chi connectivity index (χ1v) is 11.9. The molecular formula is C25H22Cl2N2O5. The fourth-order valence-electron chi connectivity index (χ4n) is 5.40. The van der Waals surface area contributed by atoms with Gasteiger partial charge in [0.25, 0.3) is 5.91 Å². The second kappa shape index (κ2) is 8.71. The molecule has 2 saturated carbocycles. The van der Waals surface area contributed by atoms with Crippen LogP contribution < -0.4 is 10.2 Å². The van der Waals surface area contributed by atoms with Gasteiger partial charge in [-0.2, -0.15) is 0 Å². The smallest absolute Gasteiger partial charge is 0.338 e. The number of anilines is 2. The Kier molecular flexibility index (Phi) is 5.86. The summed E-state index contributed by atoms with van der Waals surface area (Å²) in [5.41, 5.74) is 2.25. The first-order valence-electron chi connectivity index (χ1n) is 11.1. The second-order valence-electron chi connectivity index (χ2n) is 9.05. The largest absolute Gasteiger partial charge is 0.452 e. The number of nitrogens with zero attached hydrogens (tertiary/aromatic N) is 1. The summed E-state index contributed by atoms with van der Waals surface area (Å²) in [5.74, 6) is -2.74. The van der Waals surface area contributed by atoms with Crippen LogP contribution in [0.15, 0.2) is 48.5 Å². The number of esters is 1. The van der Waals surface area contributed by atoms with E-state index in [4.69, 9.17) is 27.9 Å². The molecule has 1 heterocycles. The number of rotatable bonds is 5. The maximum absolute atomic E-state index is 13.1. The molecular weight excluding hydrogens is 479 g/mol. The third-order valence-corrected chi connectivity index (χ3v) is 8.34. The van der Waals surface area contributed by atoms with E-state index in [0.717, 1.165) is 5.56 Å². The third-order valence-electron chi connectivity index (χ3n) is 7.02. The van der Waals surface area contributed by atoms with Crippen molar-refractivity contribution in [2.45, 2.75) is 24.1 Å². The van der Waals surface area contributed by atoms with Crippen LogP contribution in [-0.4, -0.2) is 41.1 Å². The van der Waals surface area contributed by atoms with E-state index in [1.165, 1.54) is 29.2 Å². The summed E-state index contributed by atoms with van der Waals surface area (Å²) < 4.78 is 5.09. The van der Waals surface area contributed by atoms with Gasteiger partial charge in [-0.15, -0.1) is 23.2 Å². The minimum atomic E-state index is -0.686. The molecule has 2 bridgehead atoms. The molecule has 1 N–H and O–H groups in total. The van der Waals surface area contributed by atoms with E-state index < -0.39 is 30.3 Å². The van der Waals surface area contributed by atoms with Gasteiger partial charge in [0.2, 0.25) is 11.8 Å². The van der Waals surface area contributed by atoms with Gasteiger partial charge in [0.15, 0.2) is 6.61 Å². The molecule has 6 atom stereocenters. The summed E-state index contributed by atoms with van der Waals surface area (Å²) in [7, 11) is 0. The Morgan fingerprint density at radius 2 is 1.50 bits per heavy atom. The summed E-state index contributed by atoms with van der Waals surface area (Å²) in [6, 6.07) is 13.2. The number of ether oxygens (including phenoxy) is 1. The Labute approximate surface area is 206 Å². The highest BCUT2D eigenvalue weighted by atomic mass is 35.5. The van der Waals surface area contributed by atoms with Gasteiger partial charge in [-0.05, 0) is 61.6 Å². The molecule has 1 aliphatic heterocycles. The normalized spacial score (nSPS) is 29.3. The van der Waals surface area contributed by atoms with Gasteiger partial charge in [-0.25, -0.2) is 4.79 Å². The van der Waals surface area contributed by atoms with Gasteiger partial charge in [-0.3, -0.25) is 19.3 Å². The number of halogens is 2. The fraction of sp³-hybridized carbons (Fsp3) is 0.360. The monoisotopic (exact) mass is 500 g/mol. The number of nitrogens with one attached hydrogen (secondary N) is 1. The molecule has 2 aromatic rings. The van der Waals surface area contributed by atoms with Gasteiger partial charge in [0.05, 0.1) is 33.8 Å². The number of hydrogen-bond donors (Lipinski definition) is 1. The molecule has 2 aliphatic carbocycles. The molecule has 3 fully saturated rings. The summed E-state index contributed by atoms with van der Waals surface area (Å²) >= 11 is 12.8. The van der Waals surface area contributed by atoms with Crippen LogP contribution in [0.4, 0.5) is 11.4 Å².